The van der Waals surface area contributed by atoms with Crippen LogP contribution in [0.2, 0.25) is 0 Å². The summed E-state index contributed by atoms with van der Waals surface area (Å²) >= 11 is 0. The Morgan fingerprint density at radius 2 is 1.85 bits per heavy atom. The van der Waals surface area contributed by atoms with E-state index in [2.05, 4.69) is 13.8 Å². The van der Waals surface area contributed by atoms with E-state index in [-0.39, 0.29) is 11.5 Å². The van der Waals surface area contributed by atoms with Gasteiger partial charge in [0, 0.05) is 12.2 Å². The Balaban J connectivity index is 2.34. The van der Waals surface area contributed by atoms with Crippen LogP contribution < -0.4 is 0 Å². The number of rotatable bonds is 5. The standard InChI is InChI=1S/C16H18FNO2/c1-11(2)9-14-7-8-15(16(19)20)18(14)10-12-3-5-13(17)6-4-12/h3-8,11H,9-10H2,1-2H3,(H,19,20). The van der Waals surface area contributed by atoms with Crippen molar-refractivity contribution in [3.05, 3.63) is 59.2 Å². The molecule has 20 heavy (non-hydrogen) atoms. The maximum Gasteiger partial charge on any atom is 0.352 e. The molecule has 0 radical (unpaired) electrons. The van der Waals surface area contributed by atoms with E-state index >= 15 is 0 Å². The molecule has 3 nitrogen and oxygen atoms in total. The lowest BCUT2D eigenvalue weighted by Gasteiger charge is -2.13. The smallest absolute Gasteiger partial charge is 0.352 e. The molecule has 0 saturated carbocycles. The summed E-state index contributed by atoms with van der Waals surface area (Å²) < 4.78 is 14.7. The van der Waals surface area contributed by atoms with Crippen LogP contribution in [0.1, 0.15) is 35.6 Å². The first-order valence-electron chi connectivity index (χ1n) is 6.63. The van der Waals surface area contributed by atoms with Crippen molar-refractivity contribution in [2.24, 2.45) is 5.92 Å². The van der Waals surface area contributed by atoms with Crippen LogP contribution in [0, 0.1) is 11.7 Å². The van der Waals surface area contributed by atoms with Crippen molar-refractivity contribution in [3.8, 4) is 0 Å². The highest BCUT2D eigenvalue weighted by Crippen LogP contribution is 2.17. The second-order valence-electron chi connectivity index (χ2n) is 5.33. The maximum absolute atomic E-state index is 12.9. The largest absolute Gasteiger partial charge is 0.477 e. The van der Waals surface area contributed by atoms with Crippen LogP contribution in [0.4, 0.5) is 4.39 Å². The minimum Gasteiger partial charge on any atom is -0.477 e. The Bertz CT molecular complexity index is 599. The molecular formula is C16H18FNO2. The average Bonchev–Trinajstić information content (AvgIpc) is 2.74. The Labute approximate surface area is 117 Å². The van der Waals surface area contributed by atoms with Gasteiger partial charge >= 0.3 is 5.97 Å². The molecule has 0 aliphatic rings. The summed E-state index contributed by atoms with van der Waals surface area (Å²) in [6.45, 7) is 4.63. The summed E-state index contributed by atoms with van der Waals surface area (Å²) in [6, 6.07) is 9.62. The van der Waals surface area contributed by atoms with Gasteiger partial charge in [-0.15, -0.1) is 0 Å². The quantitative estimate of drug-likeness (QED) is 0.906. The molecule has 1 N–H and O–H groups in total. The van der Waals surface area contributed by atoms with Crippen molar-refractivity contribution >= 4 is 5.97 Å². The van der Waals surface area contributed by atoms with Gasteiger partial charge in [-0.3, -0.25) is 0 Å². The van der Waals surface area contributed by atoms with Crippen molar-refractivity contribution in [3.63, 3.8) is 0 Å². The molecule has 0 unspecified atom stereocenters. The lowest BCUT2D eigenvalue weighted by molar-refractivity contribution is 0.0685. The molecule has 4 heteroatoms. The maximum atomic E-state index is 12.9. The number of nitrogens with zero attached hydrogens (tertiary/aromatic N) is 1. The van der Waals surface area contributed by atoms with Crippen LogP contribution in [0.15, 0.2) is 36.4 Å². The van der Waals surface area contributed by atoms with E-state index in [1.165, 1.54) is 12.1 Å². The Hall–Kier alpha value is -2.10. The lowest BCUT2D eigenvalue weighted by Crippen LogP contribution is -2.13. The third kappa shape index (κ3) is 3.26. The van der Waals surface area contributed by atoms with Crippen LogP contribution >= 0.6 is 0 Å². The molecule has 1 aromatic carbocycles. The molecule has 0 spiro atoms. The van der Waals surface area contributed by atoms with E-state index in [0.717, 1.165) is 17.7 Å². The summed E-state index contributed by atoms with van der Waals surface area (Å²) in [7, 11) is 0. The van der Waals surface area contributed by atoms with E-state index in [1.807, 2.05) is 6.07 Å². The molecule has 2 aromatic rings. The minimum atomic E-state index is -0.942. The van der Waals surface area contributed by atoms with E-state index in [9.17, 15) is 14.3 Å². The predicted molar refractivity (Wildman–Crippen MR) is 75.4 cm³/mol. The molecule has 0 bridgehead atoms. The second kappa shape index (κ2) is 5.90. The van der Waals surface area contributed by atoms with E-state index in [4.69, 9.17) is 0 Å². The zero-order chi connectivity index (χ0) is 14.7. The van der Waals surface area contributed by atoms with Crippen molar-refractivity contribution < 1.29 is 14.3 Å². The number of hydrogen-bond acceptors (Lipinski definition) is 1. The van der Waals surface area contributed by atoms with Crippen LogP contribution in [-0.2, 0) is 13.0 Å². The molecule has 0 amide bonds. The van der Waals surface area contributed by atoms with Gasteiger partial charge in [0.1, 0.15) is 11.5 Å². The fourth-order valence-corrected chi connectivity index (χ4v) is 2.25. The topological polar surface area (TPSA) is 42.2 Å². The molecular weight excluding hydrogens is 257 g/mol. The third-order valence-electron chi connectivity index (χ3n) is 3.16. The van der Waals surface area contributed by atoms with Crippen LogP contribution in [0.25, 0.3) is 0 Å². The molecule has 0 aliphatic heterocycles. The summed E-state index contributed by atoms with van der Waals surface area (Å²) in [5.41, 5.74) is 2.14. The highest BCUT2D eigenvalue weighted by molar-refractivity contribution is 5.86. The normalized spacial score (nSPS) is 11.0. The Kier molecular flexibility index (Phi) is 4.23. The first-order valence-corrected chi connectivity index (χ1v) is 6.63. The number of hydrogen-bond donors (Lipinski definition) is 1. The summed E-state index contributed by atoms with van der Waals surface area (Å²) in [4.78, 5) is 11.3. The molecule has 0 fully saturated rings. The van der Waals surface area contributed by atoms with Gasteiger partial charge in [-0.25, -0.2) is 9.18 Å². The van der Waals surface area contributed by atoms with E-state index < -0.39 is 5.97 Å². The Morgan fingerprint density at radius 1 is 1.20 bits per heavy atom. The molecule has 0 aliphatic carbocycles. The van der Waals surface area contributed by atoms with Crippen LogP contribution in [-0.4, -0.2) is 15.6 Å². The number of carboxylic acids is 1. The number of carboxylic acid groups (broad SMARTS) is 1. The number of carbonyl (C=O) groups is 1. The average molecular weight is 275 g/mol. The zero-order valence-electron chi connectivity index (χ0n) is 11.6. The number of halogens is 1. The molecule has 0 saturated heterocycles. The van der Waals surface area contributed by atoms with Gasteiger partial charge in [-0.05, 0) is 42.2 Å². The third-order valence-corrected chi connectivity index (χ3v) is 3.16. The predicted octanol–water partition coefficient (Wildman–Crippen LogP) is 3.57. The summed E-state index contributed by atoms with van der Waals surface area (Å²) in [5, 5.41) is 9.25. The summed E-state index contributed by atoms with van der Waals surface area (Å²) in [6.07, 6.45) is 0.814. The van der Waals surface area contributed by atoms with Crippen molar-refractivity contribution in [1.29, 1.82) is 0 Å². The minimum absolute atomic E-state index is 0.268. The van der Waals surface area contributed by atoms with Gasteiger partial charge in [0.2, 0.25) is 0 Å². The number of benzene rings is 1. The molecule has 1 aromatic heterocycles. The van der Waals surface area contributed by atoms with Crippen molar-refractivity contribution in [2.45, 2.75) is 26.8 Å². The van der Waals surface area contributed by atoms with Gasteiger partial charge in [0.25, 0.3) is 0 Å². The monoisotopic (exact) mass is 275 g/mol. The lowest BCUT2D eigenvalue weighted by atomic mass is 10.1. The van der Waals surface area contributed by atoms with Gasteiger partial charge in [0.15, 0.2) is 0 Å². The molecule has 1 heterocycles. The van der Waals surface area contributed by atoms with Crippen LogP contribution in [0.3, 0.4) is 0 Å². The van der Waals surface area contributed by atoms with Crippen molar-refractivity contribution in [1.82, 2.24) is 4.57 Å². The fraction of sp³-hybridized carbons (Fsp3) is 0.312. The van der Waals surface area contributed by atoms with E-state index in [0.29, 0.717) is 12.5 Å². The SMILES string of the molecule is CC(C)Cc1ccc(C(=O)O)n1Cc1ccc(F)cc1. The first kappa shape index (κ1) is 14.3. The number of aromatic nitrogens is 1. The Morgan fingerprint density at radius 3 is 2.40 bits per heavy atom. The van der Waals surface area contributed by atoms with Crippen LogP contribution in [0.5, 0.6) is 0 Å². The molecule has 106 valence electrons. The van der Waals surface area contributed by atoms with Gasteiger partial charge < -0.3 is 9.67 Å². The highest BCUT2D eigenvalue weighted by atomic mass is 19.1. The second-order valence-corrected chi connectivity index (χ2v) is 5.33. The molecule has 2 rings (SSSR count). The highest BCUT2D eigenvalue weighted by Gasteiger charge is 2.15. The zero-order valence-corrected chi connectivity index (χ0v) is 11.6. The fourth-order valence-electron chi connectivity index (χ4n) is 2.25. The van der Waals surface area contributed by atoms with Crippen molar-refractivity contribution in [2.75, 3.05) is 0 Å². The van der Waals surface area contributed by atoms with Gasteiger partial charge in [-0.2, -0.15) is 0 Å². The van der Waals surface area contributed by atoms with Gasteiger partial charge in [-0.1, -0.05) is 26.0 Å². The van der Waals surface area contributed by atoms with Gasteiger partial charge in [0.05, 0.1) is 0 Å². The molecule has 0 atom stereocenters. The first-order chi connectivity index (χ1) is 9.47. The van der Waals surface area contributed by atoms with E-state index in [1.54, 1.807) is 22.8 Å². The number of aromatic carboxylic acids is 1. The summed E-state index contributed by atoms with van der Waals surface area (Å²) in [5.74, 6) is -0.789.